The largest absolute Gasteiger partial charge is 0.448 e. The van der Waals surface area contributed by atoms with Crippen LogP contribution in [0.3, 0.4) is 0 Å². The summed E-state index contributed by atoms with van der Waals surface area (Å²) in [5, 5.41) is 1.76. The molecule has 0 radical (unpaired) electrons. The van der Waals surface area contributed by atoms with E-state index in [1.807, 2.05) is 0 Å². The van der Waals surface area contributed by atoms with Crippen LogP contribution in [0, 0.1) is 0 Å². The van der Waals surface area contributed by atoms with Crippen molar-refractivity contribution in [2.75, 3.05) is 11.6 Å². The molecule has 0 aliphatic carbocycles. The molecule has 0 unspecified atom stereocenters. The fourth-order valence-electron chi connectivity index (χ4n) is 1.50. The van der Waals surface area contributed by atoms with Crippen molar-refractivity contribution in [2.24, 2.45) is 0 Å². The van der Waals surface area contributed by atoms with E-state index in [1.54, 1.807) is 49.8 Å². The number of amides is 1. The maximum absolute atomic E-state index is 12.0. The molecule has 0 aliphatic rings. The zero-order valence-electron chi connectivity index (χ0n) is 9.78. The normalized spacial score (nSPS) is 10.1. The van der Waals surface area contributed by atoms with Crippen LogP contribution in [0.2, 0.25) is 5.15 Å². The fourth-order valence-corrected chi connectivity index (χ4v) is 1.71. The lowest BCUT2D eigenvalue weighted by atomic mass is 10.4. The van der Waals surface area contributed by atoms with Crippen LogP contribution in [0.25, 0.3) is 0 Å². The standard InChI is InChI=1S/C12H12ClN3O2/c1-2-18-12(17)16(10-5-7-14-8-6-10)15-9-3-4-11(15)13/h3-9H,2H2,1H3. The molecule has 0 saturated heterocycles. The first kappa shape index (κ1) is 12.4. The van der Waals surface area contributed by atoms with Crippen LogP contribution in [0.15, 0.2) is 42.9 Å². The Balaban J connectivity index is 2.42. The van der Waals surface area contributed by atoms with Crippen LogP contribution < -0.4 is 5.01 Å². The van der Waals surface area contributed by atoms with Gasteiger partial charge < -0.3 is 4.74 Å². The molecule has 6 heteroatoms. The predicted octanol–water partition coefficient (Wildman–Crippen LogP) is 2.96. The summed E-state index contributed by atoms with van der Waals surface area (Å²) in [6.45, 7) is 2.04. The number of halogens is 1. The third-order valence-corrected chi connectivity index (χ3v) is 2.54. The predicted molar refractivity (Wildman–Crippen MR) is 68.6 cm³/mol. The van der Waals surface area contributed by atoms with Gasteiger partial charge in [-0.25, -0.2) is 9.47 Å². The minimum absolute atomic E-state index is 0.291. The summed E-state index contributed by atoms with van der Waals surface area (Å²) in [4.78, 5) is 15.9. The first-order valence-electron chi connectivity index (χ1n) is 5.44. The summed E-state index contributed by atoms with van der Waals surface area (Å²) in [6.07, 6.45) is 4.37. The molecule has 0 bridgehead atoms. The number of rotatable bonds is 3. The number of ether oxygens (including phenoxy) is 1. The number of anilines is 1. The van der Waals surface area contributed by atoms with Crippen molar-refractivity contribution in [2.45, 2.75) is 6.92 Å². The number of hydrogen-bond donors (Lipinski definition) is 0. The van der Waals surface area contributed by atoms with Crippen LogP contribution in [-0.4, -0.2) is 22.4 Å². The average Bonchev–Trinajstić information content (AvgIpc) is 2.78. The highest BCUT2D eigenvalue weighted by molar-refractivity contribution is 6.29. The Bertz CT molecular complexity index is 527. The summed E-state index contributed by atoms with van der Waals surface area (Å²) in [5.41, 5.74) is 0.626. The summed E-state index contributed by atoms with van der Waals surface area (Å²) in [7, 11) is 0. The molecule has 2 aromatic rings. The van der Waals surface area contributed by atoms with Crippen molar-refractivity contribution in [3.8, 4) is 0 Å². The second kappa shape index (κ2) is 5.55. The van der Waals surface area contributed by atoms with Crippen LogP contribution in [0.5, 0.6) is 0 Å². The van der Waals surface area contributed by atoms with Gasteiger partial charge in [0.05, 0.1) is 12.3 Å². The Hall–Kier alpha value is -2.01. The third-order valence-electron chi connectivity index (χ3n) is 2.24. The highest BCUT2D eigenvalue weighted by Crippen LogP contribution is 2.19. The molecule has 5 nitrogen and oxygen atoms in total. The van der Waals surface area contributed by atoms with Gasteiger partial charge in [-0.3, -0.25) is 4.98 Å². The fraction of sp³-hybridized carbons (Fsp3) is 0.167. The van der Waals surface area contributed by atoms with E-state index in [-0.39, 0.29) is 0 Å². The summed E-state index contributed by atoms with van der Waals surface area (Å²) >= 11 is 6.03. The van der Waals surface area contributed by atoms with Gasteiger partial charge in [0.25, 0.3) is 0 Å². The van der Waals surface area contributed by atoms with E-state index in [1.165, 1.54) is 9.69 Å². The second-order valence-corrected chi connectivity index (χ2v) is 3.78. The Morgan fingerprint density at radius 2 is 2.17 bits per heavy atom. The van der Waals surface area contributed by atoms with E-state index in [4.69, 9.17) is 16.3 Å². The molecule has 1 amide bonds. The molecule has 0 fully saturated rings. The van der Waals surface area contributed by atoms with Gasteiger partial charge in [0.1, 0.15) is 5.15 Å². The van der Waals surface area contributed by atoms with Gasteiger partial charge >= 0.3 is 6.09 Å². The topological polar surface area (TPSA) is 47.4 Å². The maximum Gasteiger partial charge on any atom is 0.433 e. The number of carbonyl (C=O) groups is 1. The molecule has 2 aromatic heterocycles. The molecule has 0 aliphatic heterocycles. The Morgan fingerprint density at radius 3 is 2.72 bits per heavy atom. The smallest absolute Gasteiger partial charge is 0.433 e. The molecule has 2 rings (SSSR count). The van der Waals surface area contributed by atoms with Crippen LogP contribution in [0.1, 0.15) is 6.92 Å². The highest BCUT2D eigenvalue weighted by atomic mass is 35.5. The Kier molecular flexibility index (Phi) is 3.84. The molecule has 2 heterocycles. The van der Waals surface area contributed by atoms with E-state index >= 15 is 0 Å². The molecule has 0 atom stereocenters. The third kappa shape index (κ3) is 2.46. The zero-order valence-corrected chi connectivity index (χ0v) is 10.5. The first-order chi connectivity index (χ1) is 8.74. The van der Waals surface area contributed by atoms with E-state index in [0.29, 0.717) is 17.4 Å². The molecule has 0 spiro atoms. The Labute approximate surface area is 110 Å². The summed E-state index contributed by atoms with van der Waals surface area (Å²) in [6, 6.07) is 6.84. The maximum atomic E-state index is 12.0. The first-order valence-corrected chi connectivity index (χ1v) is 5.82. The number of carbonyl (C=O) groups excluding carboxylic acids is 1. The Morgan fingerprint density at radius 1 is 1.44 bits per heavy atom. The molecular formula is C12H12ClN3O2. The van der Waals surface area contributed by atoms with Crippen molar-refractivity contribution in [3.05, 3.63) is 48.0 Å². The molecule has 0 saturated carbocycles. The number of hydrogen-bond acceptors (Lipinski definition) is 3. The zero-order chi connectivity index (χ0) is 13.0. The van der Waals surface area contributed by atoms with Crippen molar-refractivity contribution < 1.29 is 9.53 Å². The van der Waals surface area contributed by atoms with Crippen LogP contribution in [-0.2, 0) is 4.74 Å². The van der Waals surface area contributed by atoms with Gasteiger partial charge in [-0.2, -0.15) is 5.01 Å². The minimum Gasteiger partial charge on any atom is -0.448 e. The molecule has 0 aromatic carbocycles. The molecule has 18 heavy (non-hydrogen) atoms. The quantitative estimate of drug-likeness (QED) is 0.857. The van der Waals surface area contributed by atoms with Crippen LogP contribution in [0.4, 0.5) is 10.5 Å². The van der Waals surface area contributed by atoms with Crippen LogP contribution >= 0.6 is 11.6 Å². The van der Waals surface area contributed by atoms with Crippen molar-refractivity contribution in [1.82, 2.24) is 9.66 Å². The van der Waals surface area contributed by atoms with E-state index in [0.717, 1.165) is 0 Å². The van der Waals surface area contributed by atoms with E-state index < -0.39 is 6.09 Å². The summed E-state index contributed by atoms with van der Waals surface area (Å²) in [5.74, 6) is 0. The van der Waals surface area contributed by atoms with Crippen molar-refractivity contribution in [1.29, 1.82) is 0 Å². The van der Waals surface area contributed by atoms with E-state index in [9.17, 15) is 4.79 Å². The lowest BCUT2D eigenvalue weighted by Crippen LogP contribution is -2.36. The van der Waals surface area contributed by atoms with Crippen molar-refractivity contribution >= 4 is 23.4 Å². The van der Waals surface area contributed by atoms with Gasteiger partial charge in [0, 0.05) is 18.6 Å². The number of aromatic nitrogens is 2. The highest BCUT2D eigenvalue weighted by Gasteiger charge is 2.20. The number of pyridine rings is 1. The lowest BCUT2D eigenvalue weighted by Gasteiger charge is -2.23. The van der Waals surface area contributed by atoms with E-state index in [2.05, 4.69) is 4.98 Å². The monoisotopic (exact) mass is 265 g/mol. The average molecular weight is 266 g/mol. The van der Waals surface area contributed by atoms with Gasteiger partial charge in [-0.15, -0.1) is 0 Å². The van der Waals surface area contributed by atoms with Crippen molar-refractivity contribution in [3.63, 3.8) is 0 Å². The number of nitrogens with zero attached hydrogens (tertiary/aromatic N) is 3. The summed E-state index contributed by atoms with van der Waals surface area (Å²) < 4.78 is 6.53. The van der Waals surface area contributed by atoms with Gasteiger partial charge in [-0.05, 0) is 31.2 Å². The second-order valence-electron chi connectivity index (χ2n) is 3.39. The SMILES string of the molecule is CCOC(=O)N(c1ccncc1)n1cccc1Cl. The van der Waals surface area contributed by atoms with Gasteiger partial charge in [0.15, 0.2) is 0 Å². The molecule has 94 valence electrons. The molecular weight excluding hydrogens is 254 g/mol. The van der Waals surface area contributed by atoms with Gasteiger partial charge in [-0.1, -0.05) is 11.6 Å². The minimum atomic E-state index is -0.498. The molecule has 0 N–H and O–H groups in total. The lowest BCUT2D eigenvalue weighted by molar-refractivity contribution is 0.157. The van der Waals surface area contributed by atoms with Gasteiger partial charge in [0.2, 0.25) is 0 Å².